The Morgan fingerprint density at radius 3 is 2.59 bits per heavy atom. The van der Waals surface area contributed by atoms with Gasteiger partial charge in [-0.2, -0.15) is 10.2 Å². The van der Waals surface area contributed by atoms with E-state index in [4.69, 9.17) is 16.2 Å². The maximum atomic E-state index is 9.36. The van der Waals surface area contributed by atoms with Gasteiger partial charge in [0.1, 0.15) is 23.2 Å². The molecule has 6 nitrogen and oxygen atoms in total. The van der Waals surface area contributed by atoms with Crippen molar-refractivity contribution < 1.29 is 4.74 Å². The Labute approximate surface area is 150 Å². The second-order valence-electron chi connectivity index (χ2n) is 4.73. The first-order valence-electron chi connectivity index (χ1n) is 6.32. The van der Waals surface area contributed by atoms with Gasteiger partial charge in [0.15, 0.2) is 0 Å². The minimum Gasteiger partial charge on any atom is -0.489 e. The smallest absolute Gasteiger partial charge is 0.222 e. The molecule has 114 valence electrons. The zero-order chi connectivity index (χ0) is 16.4. The van der Waals surface area contributed by atoms with E-state index in [1.165, 1.54) is 0 Å². The number of nitrogens with zero attached hydrogens (tertiary/aromatic N) is 3. The highest BCUT2D eigenvalue weighted by Gasteiger charge is 2.20. The van der Waals surface area contributed by atoms with Gasteiger partial charge in [-0.15, -0.1) is 0 Å². The minimum atomic E-state index is -0.0319. The Bertz CT molecular complexity index is 773. The molecule has 1 aromatic heterocycles. The lowest BCUT2D eigenvalue weighted by molar-refractivity contribution is 0.241. The Morgan fingerprint density at radius 1 is 1.32 bits per heavy atom. The molecule has 0 radical (unpaired) electrons. The molecule has 1 aromatic carbocycles. The molecule has 2 rings (SSSR count). The number of nitrogen functional groups attached to an aromatic ring is 2. The zero-order valence-electron chi connectivity index (χ0n) is 11.9. The summed E-state index contributed by atoms with van der Waals surface area (Å²) in [6.07, 6.45) is -0.0319. The number of anilines is 2. The van der Waals surface area contributed by atoms with Crippen LogP contribution in [-0.2, 0) is 0 Å². The van der Waals surface area contributed by atoms with Crippen LogP contribution in [0.5, 0.6) is 5.75 Å². The van der Waals surface area contributed by atoms with Crippen molar-refractivity contribution in [2.75, 3.05) is 11.5 Å². The van der Waals surface area contributed by atoms with Crippen molar-refractivity contribution in [1.29, 1.82) is 5.26 Å². The summed E-state index contributed by atoms with van der Waals surface area (Å²) in [5.41, 5.74) is 12.7. The first-order chi connectivity index (χ1) is 10.3. The Morgan fingerprint density at radius 2 is 2.00 bits per heavy atom. The molecule has 4 N–H and O–H groups in total. The number of aromatic nitrogens is 2. The van der Waals surface area contributed by atoms with Crippen LogP contribution in [0.15, 0.2) is 16.6 Å². The molecule has 8 heteroatoms. The summed E-state index contributed by atoms with van der Waals surface area (Å²) in [6, 6.07) is 5.77. The van der Waals surface area contributed by atoms with Gasteiger partial charge in [-0.05, 0) is 48.6 Å². The van der Waals surface area contributed by atoms with E-state index in [1.54, 1.807) is 0 Å². The highest BCUT2D eigenvalue weighted by molar-refractivity contribution is 14.1. The number of hydrogen-bond donors (Lipinski definition) is 2. The van der Waals surface area contributed by atoms with Gasteiger partial charge in [0.25, 0.3) is 0 Å². The third-order valence-corrected chi connectivity index (χ3v) is 3.94. The van der Waals surface area contributed by atoms with Crippen molar-refractivity contribution in [2.24, 2.45) is 0 Å². The van der Waals surface area contributed by atoms with Crippen molar-refractivity contribution in [3.05, 3.63) is 25.7 Å². The number of ether oxygens (including phenoxy) is 1. The Balaban J connectivity index is 2.80. The van der Waals surface area contributed by atoms with Gasteiger partial charge in [0.05, 0.1) is 15.4 Å². The van der Waals surface area contributed by atoms with Gasteiger partial charge >= 0.3 is 0 Å². The number of nitrogens with two attached hydrogens (primary N) is 2. The topological polar surface area (TPSA) is 111 Å². The van der Waals surface area contributed by atoms with E-state index in [1.807, 2.05) is 32.0 Å². The maximum Gasteiger partial charge on any atom is 0.222 e. The molecule has 0 amide bonds. The van der Waals surface area contributed by atoms with Gasteiger partial charge in [0, 0.05) is 10.0 Å². The molecule has 0 aliphatic heterocycles. The molecule has 22 heavy (non-hydrogen) atoms. The lowest BCUT2D eigenvalue weighted by Crippen LogP contribution is -2.10. The molecule has 0 fully saturated rings. The molecule has 0 saturated heterocycles. The highest BCUT2D eigenvalue weighted by atomic mass is 127. The van der Waals surface area contributed by atoms with Crippen molar-refractivity contribution in [1.82, 2.24) is 9.97 Å². The van der Waals surface area contributed by atoms with Gasteiger partial charge in [0.2, 0.25) is 5.95 Å². The Kier molecular flexibility index (Phi) is 5.08. The third kappa shape index (κ3) is 3.41. The number of rotatable bonds is 3. The highest BCUT2D eigenvalue weighted by Crippen LogP contribution is 2.39. The number of halogens is 2. The number of benzene rings is 1. The molecule has 0 aliphatic rings. The summed E-state index contributed by atoms with van der Waals surface area (Å²) in [5.74, 6) is 0.695. The van der Waals surface area contributed by atoms with Crippen molar-refractivity contribution in [3.63, 3.8) is 0 Å². The van der Waals surface area contributed by atoms with E-state index in [-0.39, 0.29) is 23.4 Å². The normalized spacial score (nSPS) is 10.5. The van der Waals surface area contributed by atoms with Crippen LogP contribution < -0.4 is 16.2 Å². The SMILES string of the molecule is CC(C)Oc1c(I)cc(Br)cc1-c1nc(N)nc(N)c1C#N. The molecule has 0 bridgehead atoms. The minimum absolute atomic E-state index is 0.0111. The molecular weight excluding hydrogens is 461 g/mol. The second kappa shape index (κ2) is 6.66. The molecule has 0 spiro atoms. The first kappa shape index (κ1) is 16.8. The first-order valence-corrected chi connectivity index (χ1v) is 8.19. The van der Waals surface area contributed by atoms with Crippen molar-refractivity contribution in [3.8, 4) is 23.1 Å². The predicted octanol–water partition coefficient (Wildman–Crippen LogP) is 3.33. The van der Waals surface area contributed by atoms with Crippen molar-refractivity contribution in [2.45, 2.75) is 20.0 Å². The van der Waals surface area contributed by atoms with E-state index < -0.39 is 0 Å². The summed E-state index contributed by atoms with van der Waals surface area (Å²) >= 11 is 5.61. The van der Waals surface area contributed by atoms with Gasteiger partial charge in [-0.25, -0.2) is 4.98 Å². The maximum absolute atomic E-state index is 9.36. The summed E-state index contributed by atoms with van der Waals surface area (Å²) in [4.78, 5) is 8.02. The van der Waals surface area contributed by atoms with Crippen LogP contribution in [-0.4, -0.2) is 16.1 Å². The fourth-order valence-corrected chi connectivity index (χ4v) is 3.53. The van der Waals surface area contributed by atoms with Crippen LogP contribution in [0.25, 0.3) is 11.3 Å². The summed E-state index contributed by atoms with van der Waals surface area (Å²) in [5, 5.41) is 9.36. The van der Waals surface area contributed by atoms with Gasteiger partial charge in [-0.3, -0.25) is 0 Å². The summed E-state index contributed by atoms with van der Waals surface area (Å²) in [7, 11) is 0. The average molecular weight is 474 g/mol. The monoisotopic (exact) mass is 473 g/mol. The van der Waals surface area contributed by atoms with Crippen LogP contribution in [0.2, 0.25) is 0 Å². The standard InChI is InChI=1S/C14H13BrIN5O/c1-6(2)22-12-8(3-7(15)4-10(12)16)11-9(5-17)13(18)21-14(19)20-11/h3-4,6H,1-2H3,(H4,18,19,20,21). The van der Waals surface area contributed by atoms with E-state index in [0.717, 1.165) is 8.04 Å². The second-order valence-corrected chi connectivity index (χ2v) is 6.81. The van der Waals surface area contributed by atoms with Gasteiger partial charge < -0.3 is 16.2 Å². The third-order valence-electron chi connectivity index (χ3n) is 2.68. The number of nitriles is 1. The van der Waals surface area contributed by atoms with Crippen molar-refractivity contribution >= 4 is 50.3 Å². The van der Waals surface area contributed by atoms with E-state index >= 15 is 0 Å². The summed E-state index contributed by atoms with van der Waals surface area (Å²) < 4.78 is 7.61. The Hall–Kier alpha value is -1.60. The van der Waals surface area contributed by atoms with Crippen LogP contribution in [0.1, 0.15) is 19.4 Å². The molecule has 0 saturated carbocycles. The quantitative estimate of drug-likeness (QED) is 0.661. The lowest BCUT2D eigenvalue weighted by Gasteiger charge is -2.17. The van der Waals surface area contributed by atoms with Gasteiger partial charge in [-0.1, -0.05) is 15.9 Å². The fourth-order valence-electron chi connectivity index (χ4n) is 1.89. The van der Waals surface area contributed by atoms with E-state index in [2.05, 4.69) is 48.5 Å². The largest absolute Gasteiger partial charge is 0.489 e. The lowest BCUT2D eigenvalue weighted by atomic mass is 10.1. The van der Waals surface area contributed by atoms with Crippen LogP contribution in [0, 0.1) is 14.9 Å². The molecule has 0 aliphatic carbocycles. The summed E-state index contributed by atoms with van der Waals surface area (Å²) in [6.45, 7) is 3.85. The van der Waals surface area contributed by atoms with Crippen LogP contribution in [0.3, 0.4) is 0 Å². The van der Waals surface area contributed by atoms with Crippen LogP contribution >= 0.6 is 38.5 Å². The van der Waals surface area contributed by atoms with E-state index in [9.17, 15) is 5.26 Å². The molecule has 2 aromatic rings. The van der Waals surface area contributed by atoms with Crippen LogP contribution in [0.4, 0.5) is 11.8 Å². The predicted molar refractivity (Wildman–Crippen MR) is 97.2 cm³/mol. The molecule has 0 unspecified atom stereocenters. The zero-order valence-corrected chi connectivity index (χ0v) is 15.6. The number of hydrogen-bond acceptors (Lipinski definition) is 6. The molecule has 0 atom stereocenters. The van der Waals surface area contributed by atoms with E-state index in [0.29, 0.717) is 17.0 Å². The average Bonchev–Trinajstić information content (AvgIpc) is 2.40. The fraction of sp³-hybridized carbons (Fsp3) is 0.214. The molecule has 1 heterocycles. The molecular formula is C14H13BrIN5O.